The fourth-order valence-corrected chi connectivity index (χ4v) is 2.38. The maximum atomic E-state index is 4.06. The minimum Gasteiger partial charge on any atom is -0.343 e. The summed E-state index contributed by atoms with van der Waals surface area (Å²) in [4.78, 5) is 0. The Morgan fingerprint density at radius 1 is 1.13 bits per heavy atom. The van der Waals surface area contributed by atoms with Gasteiger partial charge in [0, 0.05) is 32.7 Å². The van der Waals surface area contributed by atoms with E-state index >= 15 is 0 Å². The molecule has 1 radical (unpaired) electrons. The van der Waals surface area contributed by atoms with Gasteiger partial charge in [-0.3, -0.25) is 0 Å². The van der Waals surface area contributed by atoms with E-state index in [1.165, 1.54) is 38.5 Å². The van der Waals surface area contributed by atoms with Gasteiger partial charge in [-0.05, 0) is 0 Å². The maximum Gasteiger partial charge on any atom is 3.00 e. The summed E-state index contributed by atoms with van der Waals surface area (Å²) in [6.45, 7) is 7.93. The molecule has 0 saturated heterocycles. The Hall–Kier alpha value is 2.21. The molecule has 0 heterocycles. The fourth-order valence-electron chi connectivity index (χ4n) is 2.38. The van der Waals surface area contributed by atoms with Gasteiger partial charge in [0.05, 0.1) is 0 Å². The zero-order valence-corrected chi connectivity index (χ0v) is 15.6. The van der Waals surface area contributed by atoms with Crippen molar-refractivity contribution >= 4 is 0 Å². The normalized spacial score (nSPS) is 25.2. The third-order valence-electron chi connectivity index (χ3n) is 3.26. The second-order valence-corrected chi connectivity index (χ2v) is 4.23. The Morgan fingerprint density at radius 3 is 2.40 bits per heavy atom. The number of unbranched alkanes of at least 4 members (excludes halogenated alkanes) is 2. The smallest absolute Gasteiger partial charge is 0.343 e. The van der Waals surface area contributed by atoms with Crippen molar-refractivity contribution in [3.63, 3.8) is 0 Å². The second kappa shape index (κ2) is 12.7. The molecule has 2 heteroatoms. The summed E-state index contributed by atoms with van der Waals surface area (Å²) in [7, 11) is 0. The molecule has 0 amide bonds. The van der Waals surface area contributed by atoms with E-state index in [1.54, 1.807) is 0 Å². The standard InChI is InChI=1S/C13H23.2Y/c1-3-5-6-10-13-11-8-7-9-12(13)4-2;;/h10,12-13H,1-9,11H2;;/q-3;;+3. The van der Waals surface area contributed by atoms with Crippen LogP contribution in [0.5, 0.6) is 0 Å². The van der Waals surface area contributed by atoms with Crippen LogP contribution >= 0.6 is 0 Å². The molecule has 15 heavy (non-hydrogen) atoms. The van der Waals surface area contributed by atoms with E-state index in [4.69, 9.17) is 0 Å². The van der Waals surface area contributed by atoms with Gasteiger partial charge in [0.1, 0.15) is 0 Å². The molecule has 1 rings (SSSR count). The molecule has 0 spiro atoms. The summed E-state index contributed by atoms with van der Waals surface area (Å²) in [5.41, 5.74) is 0. The van der Waals surface area contributed by atoms with Crippen LogP contribution in [0, 0.1) is 32.1 Å². The van der Waals surface area contributed by atoms with Gasteiger partial charge in [-0.2, -0.15) is 25.2 Å². The van der Waals surface area contributed by atoms with Crippen LogP contribution in [0.3, 0.4) is 0 Å². The first-order valence-corrected chi connectivity index (χ1v) is 5.80. The van der Waals surface area contributed by atoms with Crippen LogP contribution in [-0.2, 0) is 65.4 Å². The van der Waals surface area contributed by atoms with E-state index in [1.807, 2.05) is 0 Å². The van der Waals surface area contributed by atoms with Gasteiger partial charge >= 0.3 is 32.7 Å². The molecule has 2 unspecified atom stereocenters. The summed E-state index contributed by atoms with van der Waals surface area (Å²) < 4.78 is 0. The Morgan fingerprint density at radius 2 is 1.80 bits per heavy atom. The first-order chi connectivity index (χ1) is 6.38. The summed E-state index contributed by atoms with van der Waals surface area (Å²) >= 11 is 0. The summed E-state index contributed by atoms with van der Waals surface area (Å²) in [6, 6.07) is 0. The largest absolute Gasteiger partial charge is 3.00 e. The molecule has 0 aromatic carbocycles. The molecule has 0 aromatic rings. The van der Waals surface area contributed by atoms with Gasteiger partial charge in [0.15, 0.2) is 0 Å². The van der Waals surface area contributed by atoms with E-state index < -0.39 is 0 Å². The summed E-state index contributed by atoms with van der Waals surface area (Å²) in [5.74, 6) is 1.76. The minimum absolute atomic E-state index is 0. The zero-order valence-electron chi connectivity index (χ0n) is 9.96. The number of hydrogen-bond acceptors (Lipinski definition) is 0. The van der Waals surface area contributed by atoms with Crippen molar-refractivity contribution in [2.24, 2.45) is 11.8 Å². The van der Waals surface area contributed by atoms with Gasteiger partial charge in [-0.1, -0.05) is 31.6 Å². The predicted molar refractivity (Wildman–Crippen MR) is 58.9 cm³/mol. The van der Waals surface area contributed by atoms with Crippen LogP contribution in [0.4, 0.5) is 0 Å². The van der Waals surface area contributed by atoms with Crippen LogP contribution in [0.15, 0.2) is 0 Å². The Bertz CT molecular complexity index is 126. The molecule has 0 aromatic heterocycles. The van der Waals surface area contributed by atoms with Gasteiger partial charge in [0.2, 0.25) is 0 Å². The van der Waals surface area contributed by atoms with Crippen LogP contribution in [0.1, 0.15) is 51.4 Å². The minimum atomic E-state index is 0. The quantitative estimate of drug-likeness (QED) is 0.511. The Balaban J connectivity index is 0. The summed E-state index contributed by atoms with van der Waals surface area (Å²) in [6.07, 6.45) is 13.0. The van der Waals surface area contributed by atoms with Crippen molar-refractivity contribution in [2.45, 2.75) is 51.4 Å². The molecule has 0 aliphatic heterocycles. The SMILES string of the molecule is [CH2-]CCC[CH-]C1CCCCC1C[CH2-].[Y+3].[Y]. The molecular formula is C13H23Y2. The summed E-state index contributed by atoms with van der Waals surface area (Å²) in [5, 5.41) is 0. The average Bonchev–Trinajstić information content (AvgIpc) is 2.19. The molecule has 0 nitrogen and oxygen atoms in total. The third-order valence-corrected chi connectivity index (χ3v) is 3.26. The second-order valence-electron chi connectivity index (χ2n) is 4.23. The van der Waals surface area contributed by atoms with Crippen LogP contribution in [0.2, 0.25) is 0 Å². The first kappa shape index (κ1) is 19.5. The number of rotatable bonds is 5. The van der Waals surface area contributed by atoms with Crippen LogP contribution in [-0.4, -0.2) is 0 Å². The average molecular weight is 357 g/mol. The predicted octanol–water partition coefficient (Wildman–Crippen LogP) is 4.22. The third kappa shape index (κ3) is 8.01. The van der Waals surface area contributed by atoms with Crippen molar-refractivity contribution in [1.82, 2.24) is 0 Å². The molecule has 81 valence electrons. The molecule has 1 fully saturated rings. The van der Waals surface area contributed by atoms with Gasteiger partial charge < -0.3 is 20.3 Å². The molecule has 1 aliphatic carbocycles. The topological polar surface area (TPSA) is 0 Å². The van der Waals surface area contributed by atoms with Gasteiger partial charge in [0.25, 0.3) is 0 Å². The van der Waals surface area contributed by atoms with Crippen LogP contribution < -0.4 is 0 Å². The van der Waals surface area contributed by atoms with E-state index in [0.717, 1.165) is 24.7 Å². The number of hydrogen-bond donors (Lipinski definition) is 0. The Labute approximate surface area is 147 Å². The zero-order chi connectivity index (χ0) is 9.52. The molecule has 2 atom stereocenters. The molecule has 0 N–H and O–H groups in total. The molecular weight excluding hydrogens is 334 g/mol. The molecule has 0 bridgehead atoms. The van der Waals surface area contributed by atoms with Gasteiger partial charge in [-0.15, -0.1) is 6.42 Å². The van der Waals surface area contributed by atoms with Crippen molar-refractivity contribution in [1.29, 1.82) is 0 Å². The molecule has 1 aliphatic rings. The Kier molecular flexibility index (Phi) is 16.5. The first-order valence-electron chi connectivity index (χ1n) is 5.80. The van der Waals surface area contributed by atoms with E-state index in [2.05, 4.69) is 20.3 Å². The van der Waals surface area contributed by atoms with E-state index in [9.17, 15) is 0 Å². The monoisotopic (exact) mass is 357 g/mol. The van der Waals surface area contributed by atoms with Gasteiger partial charge in [-0.25, -0.2) is 0 Å². The van der Waals surface area contributed by atoms with E-state index in [0.29, 0.717) is 0 Å². The van der Waals surface area contributed by atoms with Crippen molar-refractivity contribution < 1.29 is 65.4 Å². The van der Waals surface area contributed by atoms with Crippen LogP contribution in [0.25, 0.3) is 0 Å². The van der Waals surface area contributed by atoms with E-state index in [-0.39, 0.29) is 65.4 Å². The maximum absolute atomic E-state index is 4.06. The van der Waals surface area contributed by atoms with Crippen molar-refractivity contribution in [3.8, 4) is 0 Å². The fraction of sp³-hybridized carbons (Fsp3) is 0.769. The van der Waals surface area contributed by atoms with Crippen molar-refractivity contribution in [3.05, 3.63) is 20.3 Å². The molecule has 1 saturated carbocycles. The van der Waals surface area contributed by atoms with Crippen molar-refractivity contribution in [2.75, 3.05) is 0 Å².